The monoisotopic (exact) mass is 219 g/mol. The van der Waals surface area contributed by atoms with Gasteiger partial charge in [-0.05, 0) is 35.1 Å². The average Bonchev–Trinajstić information content (AvgIpc) is 2.71. The summed E-state index contributed by atoms with van der Waals surface area (Å²) >= 11 is 0. The van der Waals surface area contributed by atoms with Crippen molar-refractivity contribution in [2.24, 2.45) is 0 Å². The molecule has 0 heteroatoms. The van der Waals surface area contributed by atoms with E-state index in [0.29, 0.717) is 5.92 Å². The molecule has 0 fully saturated rings. The maximum Gasteiger partial charge on any atom is 0.0136 e. The quantitative estimate of drug-likeness (QED) is 0.663. The van der Waals surface area contributed by atoms with Crippen molar-refractivity contribution >= 4 is 0 Å². The van der Waals surface area contributed by atoms with Gasteiger partial charge < -0.3 is 0 Å². The van der Waals surface area contributed by atoms with E-state index in [1.807, 2.05) is 6.08 Å². The zero-order valence-corrected chi connectivity index (χ0v) is 9.77. The molecule has 17 heavy (non-hydrogen) atoms. The number of allylic oxidation sites excluding steroid dienone is 1. The molecule has 0 N–H and O–H groups in total. The molecule has 0 bridgehead atoms. The molecule has 0 aromatic heterocycles. The van der Waals surface area contributed by atoms with Crippen LogP contribution in [0.3, 0.4) is 0 Å². The highest BCUT2D eigenvalue weighted by molar-refractivity contribution is 5.79. The molecule has 0 spiro atoms. The first-order valence-corrected chi connectivity index (χ1v) is 6.04. The van der Waals surface area contributed by atoms with Crippen molar-refractivity contribution in [3.05, 3.63) is 78.7 Å². The van der Waals surface area contributed by atoms with Crippen molar-refractivity contribution in [1.29, 1.82) is 0 Å². The lowest BCUT2D eigenvalue weighted by molar-refractivity contribution is 0.929. The van der Waals surface area contributed by atoms with Gasteiger partial charge in [-0.25, -0.2) is 0 Å². The van der Waals surface area contributed by atoms with Gasteiger partial charge in [0.05, 0.1) is 0 Å². The predicted octanol–water partition coefficient (Wildman–Crippen LogP) is 4.58. The molecule has 0 amide bonds. The van der Waals surface area contributed by atoms with E-state index < -0.39 is 0 Å². The summed E-state index contributed by atoms with van der Waals surface area (Å²) in [5, 5.41) is 0. The number of fused-ring (bicyclic) bond motifs is 3. The molecule has 1 radical (unpaired) electrons. The van der Waals surface area contributed by atoms with Gasteiger partial charge in [-0.1, -0.05) is 54.6 Å². The summed E-state index contributed by atoms with van der Waals surface area (Å²) in [5.74, 6) is 0.431. The second-order valence-corrected chi connectivity index (χ2v) is 4.41. The van der Waals surface area contributed by atoms with Crippen LogP contribution in [0.4, 0.5) is 0 Å². The number of benzene rings is 2. The fourth-order valence-electron chi connectivity index (χ4n) is 2.68. The summed E-state index contributed by atoms with van der Waals surface area (Å²) in [6.07, 6.45) is 5.26. The molecule has 0 heterocycles. The van der Waals surface area contributed by atoms with Crippen molar-refractivity contribution in [1.82, 2.24) is 0 Å². The van der Waals surface area contributed by atoms with Crippen molar-refractivity contribution in [3.63, 3.8) is 0 Å². The highest BCUT2D eigenvalue weighted by atomic mass is 14.3. The Morgan fingerprint density at radius 1 is 0.882 bits per heavy atom. The molecule has 0 atom stereocenters. The first kappa shape index (κ1) is 10.3. The lowest BCUT2D eigenvalue weighted by Crippen LogP contribution is -1.96. The summed E-state index contributed by atoms with van der Waals surface area (Å²) < 4.78 is 0. The van der Waals surface area contributed by atoms with E-state index >= 15 is 0 Å². The van der Waals surface area contributed by atoms with Gasteiger partial charge in [0.25, 0.3) is 0 Å². The van der Waals surface area contributed by atoms with Crippen LogP contribution in [0.1, 0.15) is 23.5 Å². The Hall–Kier alpha value is -1.82. The molecule has 0 aliphatic heterocycles. The summed E-state index contributed by atoms with van der Waals surface area (Å²) in [4.78, 5) is 0. The van der Waals surface area contributed by atoms with Gasteiger partial charge in [0, 0.05) is 5.92 Å². The van der Waals surface area contributed by atoms with Crippen LogP contribution in [0.15, 0.2) is 61.2 Å². The fraction of sp³-hybridized carbons (Fsp3) is 0.118. The van der Waals surface area contributed by atoms with Crippen LogP contribution in [0.2, 0.25) is 0 Å². The summed E-state index contributed by atoms with van der Waals surface area (Å²) in [5.41, 5.74) is 5.62. The van der Waals surface area contributed by atoms with Gasteiger partial charge in [0.2, 0.25) is 0 Å². The lowest BCUT2D eigenvalue weighted by Gasteiger charge is -2.11. The molecule has 83 valence electrons. The fourth-order valence-corrected chi connectivity index (χ4v) is 2.68. The Morgan fingerprint density at radius 2 is 1.41 bits per heavy atom. The van der Waals surface area contributed by atoms with Gasteiger partial charge in [-0.15, -0.1) is 6.58 Å². The number of hydrogen-bond acceptors (Lipinski definition) is 0. The third-order valence-corrected chi connectivity index (χ3v) is 3.42. The van der Waals surface area contributed by atoms with Gasteiger partial charge >= 0.3 is 0 Å². The molecule has 0 saturated carbocycles. The van der Waals surface area contributed by atoms with E-state index in [1.165, 1.54) is 22.3 Å². The first-order valence-electron chi connectivity index (χ1n) is 6.04. The van der Waals surface area contributed by atoms with Gasteiger partial charge in [0.1, 0.15) is 0 Å². The molecule has 0 nitrogen and oxygen atoms in total. The summed E-state index contributed by atoms with van der Waals surface area (Å²) in [6, 6.07) is 17.4. The van der Waals surface area contributed by atoms with Crippen LogP contribution < -0.4 is 0 Å². The second kappa shape index (κ2) is 4.21. The van der Waals surface area contributed by atoms with Crippen LogP contribution in [-0.2, 0) is 0 Å². The predicted molar refractivity (Wildman–Crippen MR) is 72.8 cm³/mol. The highest BCUT2D eigenvalue weighted by Crippen LogP contribution is 2.45. The molecular weight excluding hydrogens is 204 g/mol. The minimum absolute atomic E-state index is 0.431. The standard InChI is InChI=1S/C17H15/c1-2-3-8-13-14-9-4-6-11-16(14)17-12-7-5-10-15(13)17/h2,4-13H,1,3H2. The molecule has 1 aliphatic rings. The van der Waals surface area contributed by atoms with E-state index in [9.17, 15) is 0 Å². The average molecular weight is 219 g/mol. The molecule has 2 aromatic carbocycles. The zero-order valence-electron chi connectivity index (χ0n) is 9.77. The zero-order chi connectivity index (χ0) is 11.7. The maximum absolute atomic E-state index is 3.80. The van der Waals surface area contributed by atoms with E-state index in [-0.39, 0.29) is 0 Å². The van der Waals surface area contributed by atoms with Crippen LogP contribution in [0, 0.1) is 6.42 Å². The Labute approximate surface area is 103 Å². The molecule has 3 rings (SSSR count). The largest absolute Gasteiger partial charge is 0.103 e. The van der Waals surface area contributed by atoms with Gasteiger partial charge in [-0.2, -0.15) is 0 Å². The van der Waals surface area contributed by atoms with E-state index in [1.54, 1.807) is 0 Å². The molecule has 1 aliphatic carbocycles. The number of rotatable bonds is 3. The third-order valence-electron chi connectivity index (χ3n) is 3.42. The SMILES string of the molecule is C=CC[CH]C1c2ccccc2-c2ccccc21. The van der Waals surface area contributed by atoms with Crippen molar-refractivity contribution < 1.29 is 0 Å². The van der Waals surface area contributed by atoms with Gasteiger partial charge in [-0.3, -0.25) is 0 Å². The molecule has 0 unspecified atom stereocenters. The lowest BCUT2D eigenvalue weighted by atomic mass is 9.92. The highest BCUT2D eigenvalue weighted by Gasteiger charge is 2.26. The Kier molecular flexibility index (Phi) is 2.56. The van der Waals surface area contributed by atoms with E-state index in [0.717, 1.165) is 6.42 Å². The van der Waals surface area contributed by atoms with Crippen LogP contribution in [0.25, 0.3) is 11.1 Å². The topological polar surface area (TPSA) is 0 Å². The summed E-state index contributed by atoms with van der Waals surface area (Å²) in [6.45, 7) is 3.80. The van der Waals surface area contributed by atoms with Crippen LogP contribution >= 0.6 is 0 Å². The Bertz CT molecular complexity index is 506. The van der Waals surface area contributed by atoms with Crippen molar-refractivity contribution in [2.75, 3.05) is 0 Å². The number of hydrogen-bond donors (Lipinski definition) is 0. The summed E-state index contributed by atoms with van der Waals surface area (Å²) in [7, 11) is 0. The Morgan fingerprint density at radius 3 is 1.94 bits per heavy atom. The van der Waals surface area contributed by atoms with E-state index in [4.69, 9.17) is 0 Å². The normalized spacial score (nSPS) is 13.2. The minimum atomic E-state index is 0.431. The van der Waals surface area contributed by atoms with Crippen molar-refractivity contribution in [2.45, 2.75) is 12.3 Å². The smallest absolute Gasteiger partial charge is 0.0136 e. The molecule has 2 aromatic rings. The minimum Gasteiger partial charge on any atom is -0.103 e. The Balaban J connectivity index is 2.13. The van der Waals surface area contributed by atoms with E-state index in [2.05, 4.69) is 61.5 Å². The van der Waals surface area contributed by atoms with Gasteiger partial charge in [0.15, 0.2) is 0 Å². The first-order chi connectivity index (χ1) is 8.42. The molecule has 0 saturated heterocycles. The van der Waals surface area contributed by atoms with Crippen LogP contribution in [0.5, 0.6) is 0 Å². The van der Waals surface area contributed by atoms with Crippen molar-refractivity contribution in [3.8, 4) is 11.1 Å². The van der Waals surface area contributed by atoms with Crippen LogP contribution in [-0.4, -0.2) is 0 Å². The second-order valence-electron chi connectivity index (χ2n) is 4.41. The maximum atomic E-state index is 3.80. The third kappa shape index (κ3) is 1.61. The molecular formula is C17H15.